The van der Waals surface area contributed by atoms with Crippen LogP contribution in [0.1, 0.15) is 29.4 Å². The van der Waals surface area contributed by atoms with E-state index < -0.39 is 0 Å². The SMILES string of the molecule is CCCn1c(-c2ccncc2)cc(C=O)c1C. The molecule has 0 spiro atoms. The molecule has 0 unspecified atom stereocenters. The topological polar surface area (TPSA) is 34.9 Å². The van der Waals surface area contributed by atoms with Crippen LogP contribution in [0.2, 0.25) is 0 Å². The maximum absolute atomic E-state index is 11.0. The van der Waals surface area contributed by atoms with Crippen molar-refractivity contribution in [2.45, 2.75) is 26.8 Å². The highest BCUT2D eigenvalue weighted by molar-refractivity contribution is 5.80. The molecule has 88 valence electrons. The summed E-state index contributed by atoms with van der Waals surface area (Å²) in [6.45, 7) is 5.05. The molecule has 3 nitrogen and oxygen atoms in total. The van der Waals surface area contributed by atoms with Gasteiger partial charge in [0.25, 0.3) is 0 Å². The van der Waals surface area contributed by atoms with Gasteiger partial charge in [-0.25, -0.2) is 0 Å². The first-order valence-corrected chi connectivity index (χ1v) is 5.83. The molecule has 17 heavy (non-hydrogen) atoms. The van der Waals surface area contributed by atoms with Gasteiger partial charge in [-0.15, -0.1) is 0 Å². The summed E-state index contributed by atoms with van der Waals surface area (Å²) in [7, 11) is 0. The lowest BCUT2D eigenvalue weighted by Gasteiger charge is -2.10. The van der Waals surface area contributed by atoms with E-state index in [0.717, 1.165) is 41.8 Å². The molecule has 2 heterocycles. The van der Waals surface area contributed by atoms with Gasteiger partial charge in [-0.1, -0.05) is 6.92 Å². The Balaban J connectivity index is 2.56. The maximum Gasteiger partial charge on any atom is 0.151 e. The van der Waals surface area contributed by atoms with Gasteiger partial charge in [0.2, 0.25) is 0 Å². The van der Waals surface area contributed by atoms with Crippen LogP contribution in [0.3, 0.4) is 0 Å². The Kier molecular flexibility index (Phi) is 3.38. The van der Waals surface area contributed by atoms with Gasteiger partial charge in [-0.2, -0.15) is 0 Å². The number of hydrogen-bond acceptors (Lipinski definition) is 2. The van der Waals surface area contributed by atoms with Crippen LogP contribution < -0.4 is 0 Å². The molecule has 0 radical (unpaired) electrons. The van der Waals surface area contributed by atoms with E-state index in [1.54, 1.807) is 12.4 Å². The molecule has 2 aromatic heterocycles. The lowest BCUT2D eigenvalue weighted by atomic mass is 10.2. The third kappa shape index (κ3) is 2.13. The summed E-state index contributed by atoms with van der Waals surface area (Å²) < 4.78 is 2.19. The fraction of sp³-hybridized carbons (Fsp3) is 0.286. The molecule has 0 fully saturated rings. The Morgan fingerprint density at radius 3 is 2.65 bits per heavy atom. The molecule has 0 aliphatic heterocycles. The van der Waals surface area contributed by atoms with Crippen LogP contribution in [0.4, 0.5) is 0 Å². The largest absolute Gasteiger partial charge is 0.344 e. The van der Waals surface area contributed by atoms with Gasteiger partial charge < -0.3 is 4.57 Å². The summed E-state index contributed by atoms with van der Waals surface area (Å²) in [5.41, 5.74) is 4.00. The van der Waals surface area contributed by atoms with Crippen LogP contribution in [-0.4, -0.2) is 15.8 Å². The van der Waals surface area contributed by atoms with Crippen LogP contribution in [0.5, 0.6) is 0 Å². The van der Waals surface area contributed by atoms with Crippen LogP contribution in [0, 0.1) is 6.92 Å². The van der Waals surface area contributed by atoms with E-state index in [4.69, 9.17) is 0 Å². The molecule has 0 bridgehead atoms. The Labute approximate surface area is 101 Å². The van der Waals surface area contributed by atoms with Gasteiger partial charge in [-0.05, 0) is 31.5 Å². The van der Waals surface area contributed by atoms with E-state index in [1.807, 2.05) is 25.1 Å². The van der Waals surface area contributed by atoms with Gasteiger partial charge >= 0.3 is 0 Å². The number of aldehydes is 1. The highest BCUT2D eigenvalue weighted by Crippen LogP contribution is 2.24. The number of aromatic nitrogens is 2. The van der Waals surface area contributed by atoms with E-state index in [2.05, 4.69) is 16.5 Å². The second-order valence-electron chi connectivity index (χ2n) is 4.08. The molecule has 0 aliphatic rings. The van der Waals surface area contributed by atoms with E-state index in [-0.39, 0.29) is 0 Å². The number of hydrogen-bond donors (Lipinski definition) is 0. The van der Waals surface area contributed by atoms with Gasteiger partial charge in [-0.3, -0.25) is 9.78 Å². The highest BCUT2D eigenvalue weighted by atomic mass is 16.1. The average Bonchev–Trinajstić information content (AvgIpc) is 2.69. The summed E-state index contributed by atoms with van der Waals surface area (Å²) in [6.07, 6.45) is 5.52. The van der Waals surface area contributed by atoms with Crippen molar-refractivity contribution in [2.75, 3.05) is 0 Å². The van der Waals surface area contributed by atoms with Crippen molar-refractivity contribution in [2.24, 2.45) is 0 Å². The fourth-order valence-electron chi connectivity index (χ4n) is 2.06. The molecule has 0 aromatic carbocycles. The molecule has 3 heteroatoms. The minimum atomic E-state index is 0.769. The van der Waals surface area contributed by atoms with Crippen molar-refractivity contribution in [3.63, 3.8) is 0 Å². The maximum atomic E-state index is 11.0. The number of pyridine rings is 1. The zero-order chi connectivity index (χ0) is 12.3. The Morgan fingerprint density at radius 1 is 1.35 bits per heavy atom. The summed E-state index contributed by atoms with van der Waals surface area (Å²) in [5, 5.41) is 0. The van der Waals surface area contributed by atoms with Crippen LogP contribution >= 0.6 is 0 Å². The Bertz CT molecular complexity index is 515. The third-order valence-electron chi connectivity index (χ3n) is 2.96. The van der Waals surface area contributed by atoms with Crippen molar-refractivity contribution in [1.29, 1.82) is 0 Å². The predicted octanol–water partition coefficient (Wildman–Crippen LogP) is 3.08. The molecule has 0 N–H and O–H groups in total. The summed E-state index contributed by atoms with van der Waals surface area (Å²) >= 11 is 0. The average molecular weight is 228 g/mol. The van der Waals surface area contributed by atoms with Gasteiger partial charge in [0.05, 0.1) is 0 Å². The monoisotopic (exact) mass is 228 g/mol. The molecular weight excluding hydrogens is 212 g/mol. The highest BCUT2D eigenvalue weighted by Gasteiger charge is 2.11. The van der Waals surface area contributed by atoms with Crippen molar-refractivity contribution < 1.29 is 4.79 Å². The fourth-order valence-corrected chi connectivity index (χ4v) is 2.06. The van der Waals surface area contributed by atoms with Crippen LogP contribution in [-0.2, 0) is 6.54 Å². The molecule has 0 amide bonds. The standard InChI is InChI=1S/C14H16N2O/c1-3-8-16-11(2)13(10-17)9-14(16)12-4-6-15-7-5-12/h4-7,9-10H,3,8H2,1-2H3. The smallest absolute Gasteiger partial charge is 0.151 e. The van der Waals surface area contributed by atoms with Gasteiger partial charge in [0, 0.05) is 41.5 Å². The Hall–Kier alpha value is -1.90. The van der Waals surface area contributed by atoms with Crippen molar-refractivity contribution in [3.05, 3.63) is 41.9 Å². The summed E-state index contributed by atoms with van der Waals surface area (Å²) in [6, 6.07) is 5.89. The van der Waals surface area contributed by atoms with Crippen molar-refractivity contribution >= 4 is 6.29 Å². The number of nitrogens with zero attached hydrogens (tertiary/aromatic N) is 2. The Morgan fingerprint density at radius 2 is 2.06 bits per heavy atom. The van der Waals surface area contributed by atoms with Crippen LogP contribution in [0.25, 0.3) is 11.3 Å². The van der Waals surface area contributed by atoms with Crippen molar-refractivity contribution in [1.82, 2.24) is 9.55 Å². The van der Waals surface area contributed by atoms with Gasteiger partial charge in [0.1, 0.15) is 0 Å². The van der Waals surface area contributed by atoms with E-state index in [1.165, 1.54) is 0 Å². The zero-order valence-electron chi connectivity index (χ0n) is 10.2. The number of carbonyl (C=O) groups excluding carboxylic acids is 1. The minimum Gasteiger partial charge on any atom is -0.344 e. The lowest BCUT2D eigenvalue weighted by Crippen LogP contribution is -2.02. The molecule has 0 saturated carbocycles. The lowest BCUT2D eigenvalue weighted by molar-refractivity contribution is 0.112. The molecule has 0 saturated heterocycles. The zero-order valence-corrected chi connectivity index (χ0v) is 10.2. The van der Waals surface area contributed by atoms with E-state index in [0.29, 0.717) is 0 Å². The predicted molar refractivity (Wildman–Crippen MR) is 68.1 cm³/mol. The third-order valence-corrected chi connectivity index (χ3v) is 2.96. The quantitative estimate of drug-likeness (QED) is 0.754. The minimum absolute atomic E-state index is 0.769. The second-order valence-corrected chi connectivity index (χ2v) is 4.08. The first-order chi connectivity index (χ1) is 8.27. The molecule has 2 rings (SSSR count). The van der Waals surface area contributed by atoms with E-state index in [9.17, 15) is 4.79 Å². The molecule has 0 atom stereocenters. The molecule has 0 aliphatic carbocycles. The first-order valence-electron chi connectivity index (χ1n) is 5.83. The summed E-state index contributed by atoms with van der Waals surface area (Å²) in [5.74, 6) is 0. The second kappa shape index (κ2) is 4.95. The molecule has 2 aromatic rings. The van der Waals surface area contributed by atoms with Crippen LogP contribution in [0.15, 0.2) is 30.6 Å². The van der Waals surface area contributed by atoms with Crippen molar-refractivity contribution in [3.8, 4) is 11.3 Å². The first kappa shape index (κ1) is 11.6. The summed E-state index contributed by atoms with van der Waals surface area (Å²) in [4.78, 5) is 15.0. The number of rotatable bonds is 4. The molecular formula is C14H16N2O. The van der Waals surface area contributed by atoms with E-state index >= 15 is 0 Å². The van der Waals surface area contributed by atoms with Gasteiger partial charge in [0.15, 0.2) is 6.29 Å². The number of carbonyl (C=O) groups is 1. The normalized spacial score (nSPS) is 10.5.